The molecule has 2 N–H and O–H groups in total. The highest BCUT2D eigenvalue weighted by Crippen LogP contribution is 2.37. The Morgan fingerprint density at radius 1 is 1.20 bits per heavy atom. The van der Waals surface area contributed by atoms with Crippen LogP contribution < -0.4 is 10.6 Å². The molecule has 0 radical (unpaired) electrons. The maximum absolute atomic E-state index is 4.56. The van der Waals surface area contributed by atoms with Gasteiger partial charge in [0.05, 0.1) is 0 Å². The highest BCUT2D eigenvalue weighted by Gasteiger charge is 2.29. The smallest absolute Gasteiger partial charge is 0.134 e. The first-order chi connectivity index (χ1) is 9.54. The quantitative estimate of drug-likeness (QED) is 0.839. The zero-order valence-corrected chi connectivity index (χ0v) is 13.9. The topological polar surface area (TPSA) is 49.8 Å². The van der Waals surface area contributed by atoms with Crippen LogP contribution in [0.1, 0.15) is 44.5 Å². The van der Waals surface area contributed by atoms with Crippen molar-refractivity contribution in [2.24, 2.45) is 0 Å². The van der Waals surface area contributed by atoms with Crippen LogP contribution in [0.3, 0.4) is 0 Å². The lowest BCUT2D eigenvalue weighted by atomic mass is 10.1. The number of hydrogen-bond donors (Lipinski definition) is 2. The summed E-state index contributed by atoms with van der Waals surface area (Å²) in [6, 6.07) is 0. The van der Waals surface area contributed by atoms with Crippen molar-refractivity contribution < 1.29 is 0 Å². The average molecular weight is 294 g/mol. The minimum Gasteiger partial charge on any atom is -0.370 e. The minimum atomic E-state index is 0.350. The van der Waals surface area contributed by atoms with Crippen LogP contribution in [0.5, 0.6) is 0 Å². The van der Waals surface area contributed by atoms with Crippen molar-refractivity contribution >= 4 is 23.4 Å². The molecule has 5 heteroatoms. The first kappa shape index (κ1) is 15.4. The fourth-order valence-electron chi connectivity index (χ4n) is 2.46. The van der Waals surface area contributed by atoms with Crippen LogP contribution in [0.15, 0.2) is 0 Å². The summed E-state index contributed by atoms with van der Waals surface area (Å²) in [4.78, 5) is 9.06. The molecule has 0 saturated carbocycles. The number of thioether (sulfide) groups is 1. The summed E-state index contributed by atoms with van der Waals surface area (Å²) in [6.45, 7) is 10.5. The van der Waals surface area contributed by atoms with Crippen molar-refractivity contribution in [1.29, 1.82) is 0 Å². The molecule has 1 unspecified atom stereocenters. The third-order valence-corrected chi connectivity index (χ3v) is 5.27. The van der Waals surface area contributed by atoms with Gasteiger partial charge in [0.25, 0.3) is 0 Å². The Morgan fingerprint density at radius 3 is 2.50 bits per heavy atom. The van der Waals surface area contributed by atoms with Gasteiger partial charge in [-0.25, -0.2) is 9.97 Å². The second-order valence-corrected chi connectivity index (χ2v) is 7.46. The highest BCUT2D eigenvalue weighted by atomic mass is 32.2. The van der Waals surface area contributed by atoms with Crippen molar-refractivity contribution in [1.82, 2.24) is 9.97 Å². The van der Waals surface area contributed by atoms with Crippen molar-refractivity contribution in [2.45, 2.75) is 51.7 Å². The van der Waals surface area contributed by atoms with Gasteiger partial charge in [-0.3, -0.25) is 0 Å². The molecule has 1 atom stereocenters. The molecule has 0 bridgehead atoms. The summed E-state index contributed by atoms with van der Waals surface area (Å²) >= 11 is 2.07. The van der Waals surface area contributed by atoms with Gasteiger partial charge in [0, 0.05) is 23.4 Å². The zero-order chi connectivity index (χ0) is 14.6. The summed E-state index contributed by atoms with van der Waals surface area (Å²) in [7, 11) is 0. The van der Waals surface area contributed by atoms with E-state index in [1.54, 1.807) is 0 Å². The summed E-state index contributed by atoms with van der Waals surface area (Å²) < 4.78 is 0.350. The normalized spacial score (nSPS) is 22.0. The molecule has 0 aliphatic carbocycles. The van der Waals surface area contributed by atoms with Gasteiger partial charge in [-0.2, -0.15) is 11.8 Å². The van der Waals surface area contributed by atoms with Gasteiger partial charge in [0.2, 0.25) is 0 Å². The Morgan fingerprint density at radius 2 is 1.90 bits per heavy atom. The van der Waals surface area contributed by atoms with Crippen molar-refractivity contribution in [3.63, 3.8) is 0 Å². The standard InChI is InChI=1S/C15H26N4S/c1-5-8-16-13-11(2)14(19-12(3)18-13)17-10-15(4)7-6-9-20-15/h5-10H2,1-4H3,(H2,16,17,18,19). The number of nitrogens with zero attached hydrogens (tertiary/aromatic N) is 2. The number of rotatable bonds is 6. The van der Waals surface area contributed by atoms with E-state index in [9.17, 15) is 0 Å². The molecule has 1 aromatic heterocycles. The first-order valence-electron chi connectivity index (χ1n) is 7.51. The SMILES string of the molecule is CCCNc1nc(C)nc(NCC2(C)CCCS2)c1C. The van der Waals surface area contributed by atoms with Gasteiger partial charge in [-0.1, -0.05) is 6.92 Å². The van der Waals surface area contributed by atoms with E-state index in [4.69, 9.17) is 0 Å². The van der Waals surface area contributed by atoms with Crippen LogP contribution in [-0.2, 0) is 0 Å². The largest absolute Gasteiger partial charge is 0.370 e. The summed E-state index contributed by atoms with van der Waals surface area (Å²) in [5, 5.41) is 6.93. The molecule has 20 heavy (non-hydrogen) atoms. The van der Waals surface area contributed by atoms with Crippen LogP contribution >= 0.6 is 11.8 Å². The monoisotopic (exact) mass is 294 g/mol. The van der Waals surface area contributed by atoms with Crippen LogP contribution in [0.25, 0.3) is 0 Å². The van der Waals surface area contributed by atoms with Crippen LogP contribution in [0.4, 0.5) is 11.6 Å². The second kappa shape index (κ2) is 6.66. The van der Waals surface area contributed by atoms with Gasteiger partial charge < -0.3 is 10.6 Å². The van der Waals surface area contributed by atoms with Crippen molar-refractivity contribution in [3.8, 4) is 0 Å². The van der Waals surface area contributed by atoms with E-state index in [1.807, 2.05) is 6.92 Å². The van der Waals surface area contributed by atoms with Gasteiger partial charge in [-0.05, 0) is 45.8 Å². The summed E-state index contributed by atoms with van der Waals surface area (Å²) in [5.41, 5.74) is 1.12. The lowest BCUT2D eigenvalue weighted by molar-refractivity contribution is 0.633. The molecule has 0 amide bonds. The van der Waals surface area contributed by atoms with Crippen molar-refractivity contribution in [2.75, 3.05) is 29.5 Å². The highest BCUT2D eigenvalue weighted by molar-refractivity contribution is 8.00. The number of nitrogens with one attached hydrogen (secondary N) is 2. The average Bonchev–Trinajstić information content (AvgIpc) is 2.85. The van der Waals surface area contributed by atoms with Crippen LogP contribution in [0, 0.1) is 13.8 Å². The molecule has 1 fully saturated rings. The van der Waals surface area contributed by atoms with E-state index in [0.717, 1.165) is 42.5 Å². The molecule has 112 valence electrons. The predicted molar refractivity (Wildman–Crippen MR) is 88.9 cm³/mol. The lowest BCUT2D eigenvalue weighted by Crippen LogP contribution is -2.28. The maximum atomic E-state index is 4.56. The van der Waals surface area contributed by atoms with Gasteiger partial charge in [0.15, 0.2) is 0 Å². The molecule has 1 saturated heterocycles. The van der Waals surface area contributed by atoms with Crippen molar-refractivity contribution in [3.05, 3.63) is 11.4 Å². The number of hydrogen-bond acceptors (Lipinski definition) is 5. The molecule has 1 aliphatic rings. The van der Waals surface area contributed by atoms with Gasteiger partial charge in [-0.15, -0.1) is 0 Å². The number of aryl methyl sites for hydroxylation is 1. The van der Waals surface area contributed by atoms with Crippen LogP contribution in [0.2, 0.25) is 0 Å². The second-order valence-electron chi connectivity index (χ2n) is 5.78. The zero-order valence-electron chi connectivity index (χ0n) is 13.0. The van der Waals surface area contributed by atoms with E-state index in [0.29, 0.717) is 4.75 Å². The molecule has 2 rings (SSSR count). The molecule has 1 aliphatic heterocycles. The molecular formula is C15H26N4S. The maximum Gasteiger partial charge on any atom is 0.134 e. The Hall–Kier alpha value is -0.970. The minimum absolute atomic E-state index is 0.350. The third kappa shape index (κ3) is 3.78. The van der Waals surface area contributed by atoms with Gasteiger partial charge >= 0.3 is 0 Å². The molecular weight excluding hydrogens is 268 g/mol. The van der Waals surface area contributed by atoms with E-state index in [2.05, 4.69) is 53.1 Å². The summed E-state index contributed by atoms with van der Waals surface area (Å²) in [5.74, 6) is 4.04. The third-order valence-electron chi connectivity index (χ3n) is 3.73. The van der Waals surface area contributed by atoms with E-state index >= 15 is 0 Å². The number of aromatic nitrogens is 2. The van der Waals surface area contributed by atoms with Crippen LogP contribution in [-0.4, -0.2) is 33.6 Å². The van der Waals surface area contributed by atoms with Gasteiger partial charge in [0.1, 0.15) is 17.5 Å². The molecule has 4 nitrogen and oxygen atoms in total. The Bertz CT molecular complexity index is 455. The Labute approximate surface area is 126 Å². The van der Waals surface area contributed by atoms with E-state index in [-0.39, 0.29) is 0 Å². The first-order valence-corrected chi connectivity index (χ1v) is 8.49. The predicted octanol–water partition coefficient (Wildman–Crippen LogP) is 3.61. The Balaban J connectivity index is 2.08. The fourth-order valence-corrected chi connectivity index (χ4v) is 3.71. The lowest BCUT2D eigenvalue weighted by Gasteiger charge is -2.24. The fraction of sp³-hybridized carbons (Fsp3) is 0.733. The molecule has 2 heterocycles. The van der Waals surface area contributed by atoms with E-state index < -0.39 is 0 Å². The summed E-state index contributed by atoms with van der Waals surface area (Å²) in [6.07, 6.45) is 3.71. The number of anilines is 2. The molecule has 0 spiro atoms. The van der Waals surface area contributed by atoms with E-state index in [1.165, 1.54) is 18.6 Å². The molecule has 1 aromatic rings. The molecule has 0 aromatic carbocycles. The Kier molecular flexibility index (Phi) is 5.13.